The lowest BCUT2D eigenvalue weighted by Gasteiger charge is -2.14. The molecule has 3 nitrogen and oxygen atoms in total. The number of hydrogen-bond acceptors (Lipinski definition) is 3. The van der Waals surface area contributed by atoms with Gasteiger partial charge >= 0.3 is 12.1 Å². The Balaban J connectivity index is 3.29. The normalized spacial score (nSPS) is 11.8. The van der Waals surface area contributed by atoms with Gasteiger partial charge in [0.2, 0.25) is 0 Å². The summed E-state index contributed by atoms with van der Waals surface area (Å²) in [6, 6.07) is 0.652. The van der Waals surface area contributed by atoms with Crippen LogP contribution >= 0.6 is 22.6 Å². The largest absolute Gasteiger partial charge is 0.466 e. The monoisotopic (exact) mass is 409 g/mol. The summed E-state index contributed by atoms with van der Waals surface area (Å²) in [6.07, 6.45) is -8.56. The van der Waals surface area contributed by atoms with E-state index in [9.17, 15) is 26.7 Å². The molecule has 0 atom stereocenters. The number of carbonyl (C=O) groups excluding carboxylic acids is 1. The second kappa shape index (κ2) is 6.64. The molecule has 0 aliphatic carbocycles. The third kappa shape index (κ3) is 4.25. The van der Waals surface area contributed by atoms with Crippen LogP contribution in [0.25, 0.3) is 0 Å². The van der Waals surface area contributed by atoms with Crippen LogP contribution in [0.5, 0.6) is 0 Å². The molecule has 1 aromatic heterocycles. The van der Waals surface area contributed by atoms with Crippen LogP contribution in [0.15, 0.2) is 6.07 Å². The summed E-state index contributed by atoms with van der Waals surface area (Å²) in [7, 11) is 0. The van der Waals surface area contributed by atoms with Gasteiger partial charge in [-0.1, -0.05) is 0 Å². The Hall–Kier alpha value is -1.00. The molecule has 9 heteroatoms. The Bertz CT molecular complexity index is 504. The van der Waals surface area contributed by atoms with Crippen LogP contribution in [-0.2, 0) is 22.1 Å². The van der Waals surface area contributed by atoms with E-state index in [0.29, 0.717) is 6.07 Å². The van der Waals surface area contributed by atoms with E-state index >= 15 is 0 Å². The van der Waals surface area contributed by atoms with E-state index in [1.165, 1.54) is 29.5 Å². The van der Waals surface area contributed by atoms with Gasteiger partial charge in [-0.25, -0.2) is 13.8 Å². The van der Waals surface area contributed by atoms with E-state index in [1.54, 1.807) is 0 Å². The van der Waals surface area contributed by atoms with Crippen molar-refractivity contribution in [3.05, 3.63) is 26.6 Å². The molecule has 20 heavy (non-hydrogen) atoms. The first kappa shape index (κ1) is 17.1. The zero-order valence-electron chi connectivity index (χ0n) is 10.1. The summed E-state index contributed by atoms with van der Waals surface area (Å²) < 4.78 is 67.8. The quantitative estimate of drug-likeness (QED) is 0.329. The standard InChI is InChI=1S/C11H9F5INO2/c1-2-20-7(19)4-5-3-6(9(12)13)10(17)18-8(5)11(14,15)16/h3,9H,2,4H2,1H3. The molecule has 0 spiro atoms. The van der Waals surface area contributed by atoms with Crippen LogP contribution in [0.4, 0.5) is 22.0 Å². The molecule has 0 saturated heterocycles. The van der Waals surface area contributed by atoms with Crippen molar-refractivity contribution in [1.29, 1.82) is 0 Å². The number of aromatic nitrogens is 1. The fraction of sp³-hybridized carbons (Fsp3) is 0.455. The highest BCUT2D eigenvalue weighted by Crippen LogP contribution is 2.34. The average Bonchev–Trinajstić information content (AvgIpc) is 2.29. The maximum absolute atomic E-state index is 12.8. The minimum atomic E-state index is -4.83. The van der Waals surface area contributed by atoms with Crippen LogP contribution < -0.4 is 0 Å². The molecule has 0 saturated carbocycles. The number of rotatable bonds is 4. The number of halogens is 6. The van der Waals surface area contributed by atoms with Gasteiger partial charge in [0.15, 0.2) is 0 Å². The first-order chi connectivity index (χ1) is 9.16. The predicted molar refractivity (Wildman–Crippen MR) is 67.3 cm³/mol. The molecular weight excluding hydrogens is 400 g/mol. The van der Waals surface area contributed by atoms with E-state index in [2.05, 4.69) is 9.72 Å². The van der Waals surface area contributed by atoms with Crippen molar-refractivity contribution < 1.29 is 31.5 Å². The number of alkyl halides is 5. The molecule has 112 valence electrons. The van der Waals surface area contributed by atoms with Crippen molar-refractivity contribution in [1.82, 2.24) is 4.98 Å². The molecule has 0 amide bonds. The van der Waals surface area contributed by atoms with Crippen molar-refractivity contribution in [2.24, 2.45) is 0 Å². The molecule has 0 N–H and O–H groups in total. The summed E-state index contributed by atoms with van der Waals surface area (Å²) in [6.45, 7) is 1.47. The predicted octanol–water partition coefficient (Wildman–Crippen LogP) is 3.75. The summed E-state index contributed by atoms with van der Waals surface area (Å²) in [4.78, 5) is 14.4. The van der Waals surface area contributed by atoms with Gasteiger partial charge in [0.05, 0.1) is 13.0 Å². The first-order valence-electron chi connectivity index (χ1n) is 5.37. The number of hydrogen-bond donors (Lipinski definition) is 0. The topological polar surface area (TPSA) is 39.2 Å². The van der Waals surface area contributed by atoms with E-state index in [4.69, 9.17) is 0 Å². The smallest absolute Gasteiger partial charge is 0.433 e. The average molecular weight is 409 g/mol. The van der Waals surface area contributed by atoms with E-state index in [-0.39, 0.29) is 6.61 Å². The molecule has 0 unspecified atom stereocenters. The Morgan fingerprint density at radius 3 is 2.50 bits per heavy atom. The minimum Gasteiger partial charge on any atom is -0.466 e. The van der Waals surface area contributed by atoms with Gasteiger partial charge in [-0.05, 0) is 41.1 Å². The van der Waals surface area contributed by atoms with Crippen LogP contribution in [0.1, 0.15) is 30.2 Å². The lowest BCUT2D eigenvalue weighted by molar-refractivity contribution is -0.144. The molecule has 0 aliphatic heterocycles. The van der Waals surface area contributed by atoms with Crippen LogP contribution in [0.3, 0.4) is 0 Å². The highest BCUT2D eigenvalue weighted by atomic mass is 127. The van der Waals surface area contributed by atoms with Gasteiger partial charge in [-0.15, -0.1) is 0 Å². The molecule has 0 fully saturated rings. The van der Waals surface area contributed by atoms with E-state index in [0.717, 1.165) is 0 Å². The fourth-order valence-electron chi connectivity index (χ4n) is 1.45. The van der Waals surface area contributed by atoms with E-state index in [1.807, 2.05) is 0 Å². The van der Waals surface area contributed by atoms with Gasteiger partial charge in [-0.2, -0.15) is 13.2 Å². The maximum atomic E-state index is 12.8. The molecule has 1 rings (SSSR count). The fourth-order valence-corrected chi connectivity index (χ4v) is 2.08. The second-order valence-corrected chi connectivity index (χ2v) is 4.68. The number of esters is 1. The summed E-state index contributed by atoms with van der Waals surface area (Å²) in [5.41, 5.74) is -2.61. The Labute approximate surface area is 124 Å². The summed E-state index contributed by atoms with van der Waals surface area (Å²) in [5, 5.41) is 0. The zero-order chi connectivity index (χ0) is 15.5. The number of ether oxygens (including phenoxy) is 1. The van der Waals surface area contributed by atoms with E-state index < -0.39 is 45.5 Å². The van der Waals surface area contributed by atoms with Crippen molar-refractivity contribution in [3.8, 4) is 0 Å². The zero-order valence-corrected chi connectivity index (χ0v) is 12.3. The minimum absolute atomic E-state index is 0.0142. The maximum Gasteiger partial charge on any atom is 0.433 e. The van der Waals surface area contributed by atoms with Gasteiger partial charge in [0.1, 0.15) is 9.39 Å². The third-order valence-corrected chi connectivity index (χ3v) is 3.09. The molecule has 1 aromatic rings. The van der Waals surface area contributed by atoms with Gasteiger partial charge in [-0.3, -0.25) is 4.79 Å². The van der Waals surface area contributed by atoms with Crippen molar-refractivity contribution in [3.63, 3.8) is 0 Å². The Morgan fingerprint density at radius 1 is 1.45 bits per heavy atom. The Kier molecular flexibility index (Phi) is 5.66. The Morgan fingerprint density at radius 2 is 2.05 bits per heavy atom. The number of pyridine rings is 1. The first-order valence-corrected chi connectivity index (χ1v) is 6.45. The van der Waals surface area contributed by atoms with Crippen LogP contribution in [0, 0.1) is 3.70 Å². The SMILES string of the molecule is CCOC(=O)Cc1cc(C(F)F)c(I)nc1C(F)(F)F. The van der Waals surface area contributed by atoms with Crippen molar-refractivity contribution in [2.45, 2.75) is 25.9 Å². The lowest BCUT2D eigenvalue weighted by atomic mass is 10.1. The third-order valence-electron chi connectivity index (χ3n) is 2.23. The number of carbonyl (C=O) groups is 1. The molecule has 0 radical (unpaired) electrons. The molecule has 0 aliphatic rings. The summed E-state index contributed by atoms with van der Waals surface area (Å²) >= 11 is 1.30. The van der Waals surface area contributed by atoms with Crippen LogP contribution in [0.2, 0.25) is 0 Å². The second-order valence-electron chi connectivity index (χ2n) is 3.66. The number of nitrogens with zero attached hydrogens (tertiary/aromatic N) is 1. The highest BCUT2D eigenvalue weighted by Gasteiger charge is 2.37. The molecular formula is C11H9F5INO2. The highest BCUT2D eigenvalue weighted by molar-refractivity contribution is 14.1. The van der Waals surface area contributed by atoms with Crippen molar-refractivity contribution >= 4 is 28.6 Å². The molecule has 0 bridgehead atoms. The van der Waals surface area contributed by atoms with Gasteiger partial charge in [0, 0.05) is 5.56 Å². The van der Waals surface area contributed by atoms with Crippen LogP contribution in [-0.4, -0.2) is 17.6 Å². The van der Waals surface area contributed by atoms with Gasteiger partial charge < -0.3 is 4.74 Å². The lowest BCUT2D eigenvalue weighted by Crippen LogP contribution is -2.18. The molecule has 1 heterocycles. The van der Waals surface area contributed by atoms with Gasteiger partial charge in [0.25, 0.3) is 6.43 Å². The van der Waals surface area contributed by atoms with Crippen molar-refractivity contribution in [2.75, 3.05) is 6.61 Å². The summed E-state index contributed by atoms with van der Waals surface area (Å²) in [5.74, 6) is -0.929. The molecule has 0 aromatic carbocycles.